The Morgan fingerprint density at radius 1 is 1.17 bits per heavy atom. The zero-order valence-electron chi connectivity index (χ0n) is 12.1. The summed E-state index contributed by atoms with van der Waals surface area (Å²) < 4.78 is 43.6. The number of aliphatic hydroxyl groups excluding tert-OH is 4. The Kier molecular flexibility index (Phi) is 5.45. The molecule has 1 aromatic carbocycles. The van der Waals surface area contributed by atoms with Crippen LogP contribution < -0.4 is 5.32 Å². The number of hydrogen-bond donors (Lipinski definition) is 5. The van der Waals surface area contributed by atoms with Crippen LogP contribution in [0, 0.1) is 0 Å². The number of amides is 1. The molecule has 0 radical (unpaired) electrons. The smallest absolute Gasteiger partial charge is 0.394 e. The number of rotatable bonds is 3. The molecule has 1 aliphatic heterocycles. The van der Waals surface area contributed by atoms with Gasteiger partial charge in [0.05, 0.1) is 17.7 Å². The van der Waals surface area contributed by atoms with Crippen molar-refractivity contribution in [2.45, 2.75) is 36.8 Å². The SMILES string of the molecule is O=C(NC1C(O)O[C@H](CO)C(O)[C@@H]1O)c1ccccc1C(F)(F)F. The third-order valence-corrected chi connectivity index (χ3v) is 3.67. The van der Waals surface area contributed by atoms with Crippen molar-refractivity contribution in [2.75, 3.05) is 6.61 Å². The van der Waals surface area contributed by atoms with Crippen LogP contribution in [-0.4, -0.2) is 63.6 Å². The summed E-state index contributed by atoms with van der Waals surface area (Å²) in [7, 11) is 0. The van der Waals surface area contributed by atoms with Gasteiger partial charge in [0.1, 0.15) is 24.4 Å². The van der Waals surface area contributed by atoms with Crippen molar-refractivity contribution in [2.24, 2.45) is 0 Å². The number of benzene rings is 1. The van der Waals surface area contributed by atoms with Gasteiger partial charge in [-0.1, -0.05) is 12.1 Å². The standard InChI is InChI=1S/C14H16F3NO6/c15-14(16,17)7-4-2-1-3-6(7)12(22)18-9-11(21)10(20)8(5-19)24-13(9)23/h1-4,8-11,13,19-21,23H,5H2,(H,18,22)/t8-,9?,10?,11-,13?/m1/s1. The average molecular weight is 351 g/mol. The van der Waals surface area contributed by atoms with E-state index in [9.17, 15) is 33.3 Å². The number of nitrogens with one attached hydrogen (secondary N) is 1. The van der Waals surface area contributed by atoms with Crippen molar-refractivity contribution in [3.05, 3.63) is 35.4 Å². The molecule has 2 rings (SSSR count). The molecule has 1 aliphatic rings. The van der Waals surface area contributed by atoms with E-state index in [1.54, 1.807) is 0 Å². The highest BCUT2D eigenvalue weighted by Gasteiger charge is 2.45. The van der Waals surface area contributed by atoms with E-state index in [0.717, 1.165) is 18.2 Å². The van der Waals surface area contributed by atoms with Gasteiger partial charge in [-0.3, -0.25) is 4.79 Å². The van der Waals surface area contributed by atoms with E-state index < -0.39 is 60.5 Å². The summed E-state index contributed by atoms with van der Waals surface area (Å²) >= 11 is 0. The van der Waals surface area contributed by atoms with Crippen molar-refractivity contribution in [3.8, 4) is 0 Å². The molecule has 0 bridgehead atoms. The molecule has 0 saturated carbocycles. The summed E-state index contributed by atoms with van der Waals surface area (Å²) in [4.78, 5) is 12.1. The molecule has 5 atom stereocenters. The summed E-state index contributed by atoms with van der Waals surface area (Å²) in [5.41, 5.74) is -1.89. The van der Waals surface area contributed by atoms with Gasteiger partial charge in [-0.15, -0.1) is 0 Å². The first-order valence-corrected chi connectivity index (χ1v) is 6.94. The second kappa shape index (κ2) is 7.03. The van der Waals surface area contributed by atoms with Gasteiger partial charge in [-0.05, 0) is 12.1 Å². The third kappa shape index (κ3) is 3.68. The van der Waals surface area contributed by atoms with Gasteiger partial charge in [0.15, 0.2) is 6.29 Å². The lowest BCUT2D eigenvalue weighted by Gasteiger charge is -2.40. The predicted octanol–water partition coefficient (Wildman–Crippen LogP) is -0.765. The minimum Gasteiger partial charge on any atom is -0.394 e. The molecule has 1 saturated heterocycles. The number of ether oxygens (including phenoxy) is 1. The summed E-state index contributed by atoms with van der Waals surface area (Å²) in [6.45, 7) is -0.702. The first-order valence-electron chi connectivity index (χ1n) is 6.94. The lowest BCUT2D eigenvalue weighted by Crippen LogP contribution is -2.64. The van der Waals surface area contributed by atoms with Gasteiger partial charge in [0, 0.05) is 0 Å². The number of aliphatic hydroxyl groups is 4. The number of hydrogen-bond acceptors (Lipinski definition) is 6. The average Bonchev–Trinajstić information content (AvgIpc) is 2.53. The normalized spacial score (nSPS) is 30.9. The molecule has 134 valence electrons. The van der Waals surface area contributed by atoms with Crippen LogP contribution in [0.25, 0.3) is 0 Å². The molecule has 5 N–H and O–H groups in total. The highest BCUT2D eigenvalue weighted by Crippen LogP contribution is 2.32. The first-order chi connectivity index (χ1) is 11.2. The van der Waals surface area contributed by atoms with Crippen molar-refractivity contribution >= 4 is 5.91 Å². The van der Waals surface area contributed by atoms with Crippen LogP contribution in [0.4, 0.5) is 13.2 Å². The Morgan fingerprint density at radius 3 is 2.38 bits per heavy atom. The second-order valence-corrected chi connectivity index (χ2v) is 5.27. The van der Waals surface area contributed by atoms with Gasteiger partial charge < -0.3 is 30.5 Å². The molecule has 0 aliphatic carbocycles. The number of carbonyl (C=O) groups excluding carboxylic acids is 1. The van der Waals surface area contributed by atoms with Gasteiger partial charge in [0.25, 0.3) is 5.91 Å². The van der Waals surface area contributed by atoms with E-state index in [4.69, 9.17) is 9.84 Å². The zero-order chi connectivity index (χ0) is 18.1. The minimum atomic E-state index is -4.77. The van der Waals surface area contributed by atoms with Gasteiger partial charge in [-0.25, -0.2) is 0 Å². The Labute approximate surface area is 134 Å². The van der Waals surface area contributed by atoms with Gasteiger partial charge >= 0.3 is 6.18 Å². The van der Waals surface area contributed by atoms with Crippen LogP contribution >= 0.6 is 0 Å². The van der Waals surface area contributed by atoms with Crippen LogP contribution in [0.15, 0.2) is 24.3 Å². The minimum absolute atomic E-state index is 0.702. The lowest BCUT2D eigenvalue weighted by molar-refractivity contribution is -0.252. The van der Waals surface area contributed by atoms with Crippen molar-refractivity contribution in [3.63, 3.8) is 0 Å². The molecule has 7 nitrogen and oxygen atoms in total. The first kappa shape index (κ1) is 18.6. The molecule has 1 fully saturated rings. The Morgan fingerprint density at radius 2 is 1.79 bits per heavy atom. The molecule has 0 spiro atoms. The molecule has 1 heterocycles. The van der Waals surface area contributed by atoms with Crippen LogP contribution in [0.3, 0.4) is 0 Å². The molecule has 1 aromatic rings. The van der Waals surface area contributed by atoms with Gasteiger partial charge in [-0.2, -0.15) is 13.2 Å². The second-order valence-electron chi connectivity index (χ2n) is 5.27. The van der Waals surface area contributed by atoms with E-state index in [1.165, 1.54) is 6.07 Å². The summed E-state index contributed by atoms with van der Waals surface area (Å²) in [5.74, 6) is -1.20. The molecule has 24 heavy (non-hydrogen) atoms. The molecule has 0 aromatic heterocycles. The van der Waals surface area contributed by atoms with E-state index in [1.807, 2.05) is 5.32 Å². The number of alkyl halides is 3. The monoisotopic (exact) mass is 351 g/mol. The fourth-order valence-corrected chi connectivity index (χ4v) is 2.41. The summed E-state index contributed by atoms with van der Waals surface area (Å²) in [6.07, 6.45) is -11.3. The third-order valence-electron chi connectivity index (χ3n) is 3.67. The van der Waals surface area contributed by atoms with Crippen LogP contribution in [0.2, 0.25) is 0 Å². The lowest BCUT2D eigenvalue weighted by atomic mass is 9.96. The Hall–Kier alpha value is -1.72. The summed E-state index contributed by atoms with van der Waals surface area (Å²) in [5, 5.41) is 40.3. The van der Waals surface area contributed by atoms with Crippen molar-refractivity contribution in [1.82, 2.24) is 5.32 Å². The number of halogens is 3. The molecule has 1 amide bonds. The molecule has 3 unspecified atom stereocenters. The highest BCUT2D eigenvalue weighted by molar-refractivity contribution is 5.96. The fourth-order valence-electron chi connectivity index (χ4n) is 2.41. The van der Waals surface area contributed by atoms with E-state index >= 15 is 0 Å². The van der Waals surface area contributed by atoms with Crippen molar-refractivity contribution in [1.29, 1.82) is 0 Å². The quantitative estimate of drug-likeness (QED) is 0.488. The summed E-state index contributed by atoms with van der Waals surface area (Å²) in [6, 6.07) is 2.42. The largest absolute Gasteiger partial charge is 0.417 e. The van der Waals surface area contributed by atoms with Crippen molar-refractivity contribution < 1.29 is 43.1 Å². The maximum absolute atomic E-state index is 12.9. The van der Waals surface area contributed by atoms with Crippen LogP contribution in [0.1, 0.15) is 15.9 Å². The molecule has 10 heteroatoms. The van der Waals surface area contributed by atoms with Gasteiger partial charge in [0.2, 0.25) is 0 Å². The van der Waals surface area contributed by atoms with E-state index in [-0.39, 0.29) is 0 Å². The number of carbonyl (C=O) groups is 1. The maximum atomic E-state index is 12.9. The Bertz CT molecular complexity index is 596. The van der Waals surface area contributed by atoms with E-state index in [0.29, 0.717) is 0 Å². The zero-order valence-corrected chi connectivity index (χ0v) is 12.1. The van der Waals surface area contributed by atoms with E-state index in [2.05, 4.69) is 0 Å². The fraction of sp³-hybridized carbons (Fsp3) is 0.500. The Balaban J connectivity index is 2.21. The van der Waals surface area contributed by atoms with Crippen LogP contribution in [-0.2, 0) is 10.9 Å². The van der Waals surface area contributed by atoms with Crippen LogP contribution in [0.5, 0.6) is 0 Å². The molecular formula is C14H16F3NO6. The predicted molar refractivity (Wildman–Crippen MR) is 72.7 cm³/mol. The maximum Gasteiger partial charge on any atom is 0.417 e. The topological polar surface area (TPSA) is 119 Å². The molecular weight excluding hydrogens is 335 g/mol. The highest BCUT2D eigenvalue weighted by atomic mass is 19.4.